The first-order chi connectivity index (χ1) is 7.69. The molecule has 4 nitrogen and oxygen atoms in total. The Labute approximate surface area is 96.1 Å². The van der Waals surface area contributed by atoms with Gasteiger partial charge in [0, 0.05) is 24.0 Å². The summed E-state index contributed by atoms with van der Waals surface area (Å²) < 4.78 is 22.5. The summed E-state index contributed by atoms with van der Waals surface area (Å²) in [5.74, 6) is 0.583. The van der Waals surface area contributed by atoms with Gasteiger partial charge in [0.1, 0.15) is 17.4 Å². The maximum Gasteiger partial charge on any atom is 0.298 e. The van der Waals surface area contributed by atoms with Gasteiger partial charge in [-0.2, -0.15) is 9.36 Å². The molecule has 6 heteroatoms. The Morgan fingerprint density at radius 1 is 1.50 bits per heavy atom. The van der Waals surface area contributed by atoms with Crippen molar-refractivity contribution in [3.8, 4) is 10.9 Å². The van der Waals surface area contributed by atoms with E-state index in [2.05, 4.69) is 9.36 Å². The highest BCUT2D eigenvalue weighted by Crippen LogP contribution is 2.25. The number of aryl methyl sites for hydroxylation is 1. The Balaban J connectivity index is 2.17. The van der Waals surface area contributed by atoms with Crippen LogP contribution < -0.4 is 10.5 Å². The van der Waals surface area contributed by atoms with Gasteiger partial charge in [0.05, 0.1) is 5.69 Å². The summed E-state index contributed by atoms with van der Waals surface area (Å²) >= 11 is 1.14. The Hall–Kier alpha value is -1.69. The molecule has 1 heterocycles. The zero-order chi connectivity index (χ0) is 11.5. The number of nitrogen functional groups attached to an aromatic ring is 1. The molecule has 1 aromatic carbocycles. The topological polar surface area (TPSA) is 61.0 Å². The molecule has 1 aromatic heterocycles. The van der Waals surface area contributed by atoms with Gasteiger partial charge < -0.3 is 10.5 Å². The molecule has 0 aliphatic rings. The van der Waals surface area contributed by atoms with E-state index in [1.807, 2.05) is 6.92 Å². The summed E-state index contributed by atoms with van der Waals surface area (Å²) in [6.45, 7) is 1.95. The normalized spacial score (nSPS) is 10.4. The molecule has 0 saturated carbocycles. The maximum atomic E-state index is 13.1. The van der Waals surface area contributed by atoms with Gasteiger partial charge in [-0.3, -0.25) is 0 Å². The summed E-state index contributed by atoms with van der Waals surface area (Å²) in [5.41, 5.74) is 5.45. The van der Waals surface area contributed by atoms with E-state index in [1.165, 1.54) is 12.1 Å². The number of halogens is 1. The van der Waals surface area contributed by atoms with Crippen molar-refractivity contribution < 1.29 is 9.13 Å². The highest BCUT2D eigenvalue weighted by atomic mass is 32.1. The largest absolute Gasteiger partial charge is 0.430 e. The van der Waals surface area contributed by atoms with Gasteiger partial charge in [0.25, 0.3) is 5.19 Å². The van der Waals surface area contributed by atoms with E-state index in [9.17, 15) is 4.39 Å². The van der Waals surface area contributed by atoms with Crippen LogP contribution in [-0.2, 0) is 6.42 Å². The summed E-state index contributed by atoms with van der Waals surface area (Å²) in [7, 11) is 0. The summed E-state index contributed by atoms with van der Waals surface area (Å²) in [6, 6.07) is 4.26. The molecule has 0 spiro atoms. The second-order valence-corrected chi connectivity index (χ2v) is 3.83. The van der Waals surface area contributed by atoms with Crippen molar-refractivity contribution in [1.82, 2.24) is 9.36 Å². The van der Waals surface area contributed by atoms with Crippen LogP contribution >= 0.6 is 11.5 Å². The minimum Gasteiger partial charge on any atom is -0.430 e. The molecule has 0 aliphatic carbocycles. The van der Waals surface area contributed by atoms with Gasteiger partial charge in [-0.05, 0) is 12.1 Å². The molecule has 0 unspecified atom stereocenters. The molecule has 0 bridgehead atoms. The number of ether oxygens (including phenoxy) is 1. The number of hydrogen-bond acceptors (Lipinski definition) is 5. The first kappa shape index (κ1) is 10.8. The molecular formula is C10H10FN3OS. The molecule has 84 valence electrons. The van der Waals surface area contributed by atoms with E-state index < -0.39 is 5.82 Å². The fourth-order valence-electron chi connectivity index (χ4n) is 1.10. The summed E-state index contributed by atoms with van der Waals surface area (Å²) in [4.78, 5) is 4.11. The first-order valence-electron chi connectivity index (χ1n) is 4.74. The zero-order valence-electron chi connectivity index (χ0n) is 8.61. The van der Waals surface area contributed by atoms with Crippen molar-refractivity contribution in [2.45, 2.75) is 13.3 Å². The third kappa shape index (κ3) is 2.27. The van der Waals surface area contributed by atoms with Gasteiger partial charge in [0.2, 0.25) is 0 Å². The van der Waals surface area contributed by atoms with Crippen molar-refractivity contribution in [3.05, 3.63) is 29.8 Å². The standard InChI is InChI=1S/C10H10FN3OS/c1-2-9-13-10(16-14-9)15-6-3-4-8(12)7(11)5-6/h3-5H,2,12H2,1H3. The lowest BCUT2D eigenvalue weighted by Gasteiger charge is -2.02. The van der Waals surface area contributed by atoms with E-state index in [4.69, 9.17) is 10.5 Å². The van der Waals surface area contributed by atoms with Crippen LogP contribution in [0.3, 0.4) is 0 Å². The van der Waals surface area contributed by atoms with Crippen LogP contribution in [0.25, 0.3) is 0 Å². The lowest BCUT2D eigenvalue weighted by atomic mass is 10.3. The Morgan fingerprint density at radius 3 is 2.94 bits per heavy atom. The number of anilines is 1. The molecule has 16 heavy (non-hydrogen) atoms. The quantitative estimate of drug-likeness (QED) is 0.836. The third-order valence-electron chi connectivity index (χ3n) is 1.94. The second kappa shape index (κ2) is 4.44. The van der Waals surface area contributed by atoms with E-state index in [1.54, 1.807) is 6.07 Å². The molecule has 0 radical (unpaired) electrons. The molecule has 0 amide bonds. The van der Waals surface area contributed by atoms with Crippen LogP contribution in [0.15, 0.2) is 18.2 Å². The molecular weight excluding hydrogens is 229 g/mol. The van der Waals surface area contributed by atoms with Crippen LogP contribution in [0.2, 0.25) is 0 Å². The van der Waals surface area contributed by atoms with E-state index >= 15 is 0 Å². The van der Waals surface area contributed by atoms with Crippen LogP contribution in [-0.4, -0.2) is 9.36 Å². The summed E-state index contributed by atoms with van der Waals surface area (Å²) in [5, 5.41) is 0.404. The van der Waals surface area contributed by atoms with Crippen molar-refractivity contribution in [1.29, 1.82) is 0 Å². The number of hydrogen-bond donors (Lipinski definition) is 1. The van der Waals surface area contributed by atoms with Crippen LogP contribution in [0.5, 0.6) is 10.9 Å². The maximum absolute atomic E-state index is 13.1. The number of nitrogens with two attached hydrogens (primary N) is 1. The minimum atomic E-state index is -0.502. The first-order valence-corrected chi connectivity index (χ1v) is 5.52. The van der Waals surface area contributed by atoms with Crippen molar-refractivity contribution in [2.24, 2.45) is 0 Å². The number of nitrogens with zero attached hydrogens (tertiary/aromatic N) is 2. The Bertz CT molecular complexity index is 501. The lowest BCUT2D eigenvalue weighted by Crippen LogP contribution is -1.91. The fraction of sp³-hybridized carbons (Fsp3) is 0.200. The van der Waals surface area contributed by atoms with Gasteiger partial charge in [-0.15, -0.1) is 0 Å². The van der Waals surface area contributed by atoms with E-state index in [0.717, 1.165) is 23.8 Å². The average Bonchev–Trinajstić information content (AvgIpc) is 2.71. The number of aromatic nitrogens is 2. The van der Waals surface area contributed by atoms with Crippen molar-refractivity contribution in [3.63, 3.8) is 0 Å². The predicted molar refractivity (Wildman–Crippen MR) is 60.2 cm³/mol. The SMILES string of the molecule is CCc1nsc(Oc2ccc(N)c(F)c2)n1. The number of rotatable bonds is 3. The van der Waals surface area contributed by atoms with Gasteiger partial charge >= 0.3 is 0 Å². The molecule has 2 aromatic rings. The Kier molecular flexibility index (Phi) is 3.00. The fourth-order valence-corrected chi connectivity index (χ4v) is 1.73. The monoisotopic (exact) mass is 239 g/mol. The molecule has 0 saturated heterocycles. The van der Waals surface area contributed by atoms with Gasteiger partial charge in [-0.25, -0.2) is 4.39 Å². The van der Waals surface area contributed by atoms with E-state index in [-0.39, 0.29) is 5.69 Å². The smallest absolute Gasteiger partial charge is 0.298 e. The predicted octanol–water partition coefficient (Wildman–Crippen LogP) is 2.61. The zero-order valence-corrected chi connectivity index (χ0v) is 9.42. The molecule has 2 N–H and O–H groups in total. The van der Waals surface area contributed by atoms with Crippen LogP contribution in [0, 0.1) is 5.82 Å². The van der Waals surface area contributed by atoms with E-state index in [0.29, 0.717) is 10.9 Å². The average molecular weight is 239 g/mol. The molecule has 0 aliphatic heterocycles. The van der Waals surface area contributed by atoms with Crippen molar-refractivity contribution >= 4 is 17.2 Å². The highest BCUT2D eigenvalue weighted by molar-refractivity contribution is 7.07. The van der Waals surface area contributed by atoms with Crippen LogP contribution in [0.4, 0.5) is 10.1 Å². The number of benzene rings is 1. The summed E-state index contributed by atoms with van der Waals surface area (Å²) in [6.07, 6.45) is 0.746. The molecule has 0 fully saturated rings. The molecule has 2 rings (SSSR count). The second-order valence-electron chi connectivity index (χ2n) is 3.12. The molecule has 0 atom stereocenters. The minimum absolute atomic E-state index is 0.0962. The van der Waals surface area contributed by atoms with Gasteiger partial charge in [-0.1, -0.05) is 6.92 Å². The highest BCUT2D eigenvalue weighted by Gasteiger charge is 2.06. The van der Waals surface area contributed by atoms with Gasteiger partial charge in [0.15, 0.2) is 0 Å². The van der Waals surface area contributed by atoms with Crippen LogP contribution in [0.1, 0.15) is 12.7 Å². The lowest BCUT2D eigenvalue weighted by molar-refractivity contribution is 0.472. The van der Waals surface area contributed by atoms with Crippen molar-refractivity contribution in [2.75, 3.05) is 5.73 Å². The third-order valence-corrected chi connectivity index (χ3v) is 2.58. The Morgan fingerprint density at radius 2 is 2.31 bits per heavy atom.